The SMILES string of the molecule is CCCNCc1cnn(Cc2csc3ccccc23)c1C. The third-order valence-corrected chi connectivity index (χ3v) is 4.84. The van der Waals surface area contributed by atoms with Gasteiger partial charge in [-0.25, -0.2) is 0 Å². The summed E-state index contributed by atoms with van der Waals surface area (Å²) < 4.78 is 3.46. The maximum atomic E-state index is 4.56. The minimum absolute atomic E-state index is 0.851. The predicted molar refractivity (Wildman–Crippen MR) is 89.9 cm³/mol. The van der Waals surface area contributed by atoms with Crippen LogP contribution in [-0.4, -0.2) is 16.3 Å². The first-order valence-corrected chi connectivity index (χ1v) is 8.34. The average Bonchev–Trinajstić information content (AvgIpc) is 3.06. The van der Waals surface area contributed by atoms with Gasteiger partial charge in [0.15, 0.2) is 0 Å². The van der Waals surface area contributed by atoms with Crippen LogP contribution in [0, 0.1) is 6.92 Å². The first-order valence-electron chi connectivity index (χ1n) is 7.46. The van der Waals surface area contributed by atoms with Crippen molar-refractivity contribution in [2.24, 2.45) is 0 Å². The number of hydrogen-bond donors (Lipinski definition) is 1. The van der Waals surface area contributed by atoms with Gasteiger partial charge < -0.3 is 5.32 Å². The highest BCUT2D eigenvalue weighted by molar-refractivity contribution is 7.17. The smallest absolute Gasteiger partial charge is 0.0676 e. The lowest BCUT2D eigenvalue weighted by molar-refractivity contribution is 0.654. The molecule has 1 aromatic carbocycles. The molecule has 0 fully saturated rings. The van der Waals surface area contributed by atoms with Gasteiger partial charge in [0.05, 0.1) is 12.7 Å². The molecule has 2 aromatic heterocycles. The fraction of sp³-hybridized carbons (Fsp3) is 0.353. The molecule has 0 aliphatic heterocycles. The molecule has 3 aromatic rings. The highest BCUT2D eigenvalue weighted by atomic mass is 32.1. The molecule has 2 heterocycles. The Morgan fingerprint density at radius 3 is 2.95 bits per heavy atom. The third kappa shape index (κ3) is 3.01. The van der Waals surface area contributed by atoms with E-state index in [0.29, 0.717) is 0 Å². The second-order valence-corrected chi connectivity index (χ2v) is 6.26. The zero-order chi connectivity index (χ0) is 14.7. The lowest BCUT2D eigenvalue weighted by atomic mass is 10.2. The summed E-state index contributed by atoms with van der Waals surface area (Å²) in [5, 5.41) is 11.6. The Hall–Kier alpha value is -1.65. The number of rotatable bonds is 6. The van der Waals surface area contributed by atoms with Gasteiger partial charge in [-0.3, -0.25) is 4.68 Å². The Balaban J connectivity index is 1.79. The van der Waals surface area contributed by atoms with Crippen molar-refractivity contribution in [3.8, 4) is 0 Å². The number of nitrogens with zero attached hydrogens (tertiary/aromatic N) is 2. The molecule has 3 nitrogen and oxygen atoms in total. The molecule has 110 valence electrons. The molecule has 0 saturated carbocycles. The molecule has 0 spiro atoms. The van der Waals surface area contributed by atoms with Gasteiger partial charge in [-0.05, 0) is 42.3 Å². The number of fused-ring (bicyclic) bond motifs is 1. The Kier molecular flexibility index (Phi) is 4.36. The largest absolute Gasteiger partial charge is 0.313 e. The van der Waals surface area contributed by atoms with E-state index in [9.17, 15) is 0 Å². The molecule has 3 rings (SSSR count). The second kappa shape index (κ2) is 6.41. The molecular weight excluding hydrogens is 278 g/mol. The first-order chi connectivity index (χ1) is 10.3. The molecular formula is C17H21N3S. The third-order valence-electron chi connectivity index (χ3n) is 3.83. The number of thiophene rings is 1. The van der Waals surface area contributed by atoms with Crippen LogP contribution in [0.4, 0.5) is 0 Å². The van der Waals surface area contributed by atoms with E-state index in [0.717, 1.165) is 26.1 Å². The minimum atomic E-state index is 0.851. The minimum Gasteiger partial charge on any atom is -0.313 e. The van der Waals surface area contributed by atoms with Gasteiger partial charge in [-0.1, -0.05) is 25.1 Å². The van der Waals surface area contributed by atoms with Crippen molar-refractivity contribution in [2.75, 3.05) is 6.54 Å². The average molecular weight is 299 g/mol. The van der Waals surface area contributed by atoms with Crippen LogP contribution in [0.25, 0.3) is 10.1 Å². The summed E-state index contributed by atoms with van der Waals surface area (Å²) in [6, 6.07) is 8.58. The molecule has 0 amide bonds. The molecule has 0 aliphatic rings. The highest BCUT2D eigenvalue weighted by Crippen LogP contribution is 2.26. The summed E-state index contributed by atoms with van der Waals surface area (Å²) in [5.41, 5.74) is 3.91. The zero-order valence-corrected chi connectivity index (χ0v) is 13.4. The molecule has 4 heteroatoms. The zero-order valence-electron chi connectivity index (χ0n) is 12.6. The van der Waals surface area contributed by atoms with Gasteiger partial charge in [0, 0.05) is 22.5 Å². The van der Waals surface area contributed by atoms with E-state index in [1.807, 2.05) is 17.5 Å². The van der Waals surface area contributed by atoms with Crippen LogP contribution in [0.1, 0.15) is 30.2 Å². The van der Waals surface area contributed by atoms with E-state index in [2.05, 4.69) is 58.6 Å². The van der Waals surface area contributed by atoms with Crippen molar-refractivity contribution in [3.05, 3.63) is 52.7 Å². The summed E-state index contributed by atoms with van der Waals surface area (Å²) in [6.07, 6.45) is 3.15. The Morgan fingerprint density at radius 1 is 1.24 bits per heavy atom. The van der Waals surface area contributed by atoms with Crippen LogP contribution in [0.5, 0.6) is 0 Å². The molecule has 0 bridgehead atoms. The van der Waals surface area contributed by atoms with Gasteiger partial charge in [0.1, 0.15) is 0 Å². The normalized spacial score (nSPS) is 11.3. The van der Waals surface area contributed by atoms with Gasteiger partial charge in [0.25, 0.3) is 0 Å². The van der Waals surface area contributed by atoms with Gasteiger partial charge in [-0.2, -0.15) is 5.10 Å². The van der Waals surface area contributed by atoms with E-state index in [1.54, 1.807) is 0 Å². The number of hydrogen-bond acceptors (Lipinski definition) is 3. The molecule has 0 aliphatic carbocycles. The Morgan fingerprint density at radius 2 is 2.10 bits per heavy atom. The fourth-order valence-electron chi connectivity index (χ4n) is 2.53. The Labute approximate surface area is 129 Å². The topological polar surface area (TPSA) is 29.9 Å². The lowest BCUT2D eigenvalue weighted by Gasteiger charge is -2.06. The summed E-state index contributed by atoms with van der Waals surface area (Å²) in [4.78, 5) is 0. The quantitative estimate of drug-likeness (QED) is 0.698. The van der Waals surface area contributed by atoms with E-state index < -0.39 is 0 Å². The van der Waals surface area contributed by atoms with Gasteiger partial charge in [0.2, 0.25) is 0 Å². The molecule has 21 heavy (non-hydrogen) atoms. The number of nitrogens with one attached hydrogen (secondary N) is 1. The number of benzene rings is 1. The first kappa shape index (κ1) is 14.3. The van der Waals surface area contributed by atoms with Crippen LogP contribution in [-0.2, 0) is 13.1 Å². The van der Waals surface area contributed by atoms with Crippen LogP contribution in [0.2, 0.25) is 0 Å². The van der Waals surface area contributed by atoms with Crippen molar-refractivity contribution >= 4 is 21.4 Å². The summed E-state index contributed by atoms with van der Waals surface area (Å²) in [5.74, 6) is 0. The molecule has 1 N–H and O–H groups in total. The van der Waals surface area contributed by atoms with E-state index in [-0.39, 0.29) is 0 Å². The van der Waals surface area contributed by atoms with Crippen molar-refractivity contribution < 1.29 is 0 Å². The standard InChI is InChI=1S/C17H21N3S/c1-3-8-18-9-14-10-19-20(13(14)2)11-15-12-21-17-7-5-4-6-16(15)17/h4-7,10,12,18H,3,8-9,11H2,1-2H3. The van der Waals surface area contributed by atoms with E-state index >= 15 is 0 Å². The predicted octanol–water partition coefficient (Wildman–Crippen LogP) is 3.95. The van der Waals surface area contributed by atoms with Gasteiger partial charge >= 0.3 is 0 Å². The Bertz CT molecular complexity index is 727. The molecule has 0 atom stereocenters. The molecule has 0 radical (unpaired) electrons. The maximum absolute atomic E-state index is 4.56. The van der Waals surface area contributed by atoms with Gasteiger partial charge in [-0.15, -0.1) is 11.3 Å². The van der Waals surface area contributed by atoms with Crippen LogP contribution < -0.4 is 5.32 Å². The lowest BCUT2D eigenvalue weighted by Crippen LogP contribution is -2.14. The van der Waals surface area contributed by atoms with Crippen LogP contribution in [0.15, 0.2) is 35.8 Å². The van der Waals surface area contributed by atoms with Crippen LogP contribution in [0.3, 0.4) is 0 Å². The second-order valence-electron chi connectivity index (χ2n) is 5.35. The van der Waals surface area contributed by atoms with Crippen molar-refractivity contribution in [2.45, 2.75) is 33.4 Å². The molecule has 0 saturated heterocycles. The highest BCUT2D eigenvalue weighted by Gasteiger charge is 2.09. The van der Waals surface area contributed by atoms with Crippen molar-refractivity contribution in [1.29, 1.82) is 0 Å². The summed E-state index contributed by atoms with van der Waals surface area (Å²) in [7, 11) is 0. The summed E-state index contributed by atoms with van der Waals surface area (Å²) >= 11 is 1.81. The fourth-order valence-corrected chi connectivity index (χ4v) is 3.49. The van der Waals surface area contributed by atoms with E-state index in [1.165, 1.54) is 26.9 Å². The number of aromatic nitrogens is 2. The monoisotopic (exact) mass is 299 g/mol. The molecule has 0 unspecified atom stereocenters. The van der Waals surface area contributed by atoms with E-state index in [4.69, 9.17) is 0 Å². The van der Waals surface area contributed by atoms with Crippen molar-refractivity contribution in [1.82, 2.24) is 15.1 Å². The van der Waals surface area contributed by atoms with Crippen LogP contribution >= 0.6 is 11.3 Å². The summed E-state index contributed by atoms with van der Waals surface area (Å²) in [6.45, 7) is 7.16. The maximum Gasteiger partial charge on any atom is 0.0676 e. The van der Waals surface area contributed by atoms with Crippen molar-refractivity contribution in [3.63, 3.8) is 0 Å².